The fourth-order valence-electron chi connectivity index (χ4n) is 1.96. The van der Waals surface area contributed by atoms with E-state index in [0.29, 0.717) is 17.5 Å². The first-order chi connectivity index (χ1) is 10.7. The Kier molecular flexibility index (Phi) is 3.82. The van der Waals surface area contributed by atoms with Gasteiger partial charge in [-0.2, -0.15) is 0 Å². The summed E-state index contributed by atoms with van der Waals surface area (Å²) >= 11 is 0. The third-order valence-electron chi connectivity index (χ3n) is 2.93. The number of anilines is 2. The number of hydrogen-bond donors (Lipinski definition) is 2. The van der Waals surface area contributed by atoms with Crippen molar-refractivity contribution in [2.75, 3.05) is 10.6 Å². The Bertz CT molecular complexity index is 784. The second kappa shape index (κ2) is 6.09. The number of aromatic nitrogens is 2. The molecule has 110 valence electrons. The third-order valence-corrected chi connectivity index (χ3v) is 2.93. The third kappa shape index (κ3) is 3.29. The Morgan fingerprint density at radius 2 is 1.68 bits per heavy atom. The second-order valence-corrected chi connectivity index (χ2v) is 4.65. The van der Waals surface area contributed by atoms with Crippen LogP contribution in [-0.2, 0) is 0 Å². The van der Waals surface area contributed by atoms with E-state index in [0.717, 1.165) is 11.3 Å². The summed E-state index contributed by atoms with van der Waals surface area (Å²) in [6, 6.07) is 16.1. The van der Waals surface area contributed by atoms with Crippen LogP contribution in [0.4, 0.5) is 16.2 Å². The van der Waals surface area contributed by atoms with Crippen molar-refractivity contribution in [3.63, 3.8) is 0 Å². The summed E-state index contributed by atoms with van der Waals surface area (Å²) in [4.78, 5) is 12.0. The molecule has 0 radical (unpaired) electrons. The predicted octanol–water partition coefficient (Wildman–Crippen LogP) is 3.69. The van der Waals surface area contributed by atoms with Crippen molar-refractivity contribution in [1.29, 1.82) is 0 Å². The number of carbonyl (C=O) groups excluding carboxylic acids is 1. The lowest BCUT2D eigenvalue weighted by Crippen LogP contribution is -2.19. The maximum atomic E-state index is 12.0. The highest BCUT2D eigenvalue weighted by molar-refractivity contribution is 6.00. The van der Waals surface area contributed by atoms with Crippen molar-refractivity contribution in [3.8, 4) is 11.5 Å². The molecule has 0 aliphatic rings. The molecule has 1 heterocycles. The molecule has 0 aliphatic carbocycles. The van der Waals surface area contributed by atoms with Crippen molar-refractivity contribution in [2.45, 2.75) is 6.92 Å². The largest absolute Gasteiger partial charge is 0.421 e. The summed E-state index contributed by atoms with van der Waals surface area (Å²) in [5.41, 5.74) is 2.11. The van der Waals surface area contributed by atoms with E-state index in [9.17, 15) is 4.79 Å². The molecule has 3 aromatic rings. The summed E-state index contributed by atoms with van der Waals surface area (Å²) in [6.45, 7) is 1.73. The van der Waals surface area contributed by atoms with Crippen LogP contribution in [0.1, 0.15) is 5.89 Å². The molecule has 2 aromatic carbocycles. The first-order valence-corrected chi connectivity index (χ1v) is 6.74. The topological polar surface area (TPSA) is 80.0 Å². The molecule has 6 heteroatoms. The average Bonchev–Trinajstić information content (AvgIpc) is 2.95. The van der Waals surface area contributed by atoms with Gasteiger partial charge in [0.1, 0.15) is 0 Å². The first-order valence-electron chi connectivity index (χ1n) is 6.74. The quantitative estimate of drug-likeness (QED) is 0.772. The van der Waals surface area contributed by atoms with Gasteiger partial charge in [-0.15, -0.1) is 10.2 Å². The predicted molar refractivity (Wildman–Crippen MR) is 83.6 cm³/mol. The van der Waals surface area contributed by atoms with Gasteiger partial charge in [-0.3, -0.25) is 0 Å². The van der Waals surface area contributed by atoms with E-state index in [2.05, 4.69) is 20.8 Å². The summed E-state index contributed by atoms with van der Waals surface area (Å²) in [5, 5.41) is 13.3. The fourth-order valence-corrected chi connectivity index (χ4v) is 1.96. The van der Waals surface area contributed by atoms with E-state index < -0.39 is 0 Å². The molecule has 0 saturated heterocycles. The van der Waals surface area contributed by atoms with Gasteiger partial charge in [-0.25, -0.2) is 4.79 Å². The van der Waals surface area contributed by atoms with E-state index >= 15 is 0 Å². The zero-order valence-corrected chi connectivity index (χ0v) is 11.9. The molecule has 2 amide bonds. The van der Waals surface area contributed by atoms with Crippen LogP contribution in [0.15, 0.2) is 59.0 Å². The minimum atomic E-state index is -0.315. The monoisotopic (exact) mass is 294 g/mol. The van der Waals surface area contributed by atoms with Gasteiger partial charge in [-0.1, -0.05) is 24.3 Å². The lowest BCUT2D eigenvalue weighted by atomic mass is 10.2. The molecule has 0 atom stereocenters. The van der Waals surface area contributed by atoms with Gasteiger partial charge in [0.15, 0.2) is 0 Å². The Balaban J connectivity index is 1.71. The highest BCUT2D eigenvalue weighted by atomic mass is 16.4. The number of benzene rings is 2. The molecular weight excluding hydrogens is 280 g/mol. The summed E-state index contributed by atoms with van der Waals surface area (Å²) < 4.78 is 5.37. The van der Waals surface area contributed by atoms with Crippen LogP contribution in [-0.4, -0.2) is 16.2 Å². The molecule has 1 aromatic heterocycles. The number of aryl methyl sites for hydroxylation is 1. The van der Waals surface area contributed by atoms with E-state index in [-0.39, 0.29) is 6.03 Å². The van der Waals surface area contributed by atoms with Crippen LogP contribution in [0, 0.1) is 6.92 Å². The second-order valence-electron chi connectivity index (χ2n) is 4.65. The number of amides is 2. The Labute approximate surface area is 127 Å². The van der Waals surface area contributed by atoms with Crippen LogP contribution in [0.2, 0.25) is 0 Å². The van der Waals surface area contributed by atoms with Crippen molar-refractivity contribution >= 4 is 17.4 Å². The summed E-state index contributed by atoms with van der Waals surface area (Å²) in [5.74, 6) is 0.916. The Morgan fingerprint density at radius 3 is 2.41 bits per heavy atom. The zero-order valence-electron chi connectivity index (χ0n) is 11.9. The molecule has 0 saturated carbocycles. The lowest BCUT2D eigenvalue weighted by Gasteiger charge is -2.08. The van der Waals surface area contributed by atoms with Gasteiger partial charge in [0.25, 0.3) is 0 Å². The maximum Gasteiger partial charge on any atom is 0.323 e. The van der Waals surface area contributed by atoms with E-state index in [1.165, 1.54) is 0 Å². The number of nitrogens with zero attached hydrogens (tertiary/aromatic N) is 2. The molecule has 0 aliphatic heterocycles. The average molecular weight is 294 g/mol. The van der Waals surface area contributed by atoms with Crippen molar-refractivity contribution < 1.29 is 9.21 Å². The number of hydrogen-bond acceptors (Lipinski definition) is 4. The summed E-state index contributed by atoms with van der Waals surface area (Å²) in [6.07, 6.45) is 0. The molecule has 6 nitrogen and oxygen atoms in total. The Hall–Kier alpha value is -3.15. The number of urea groups is 1. The van der Waals surface area contributed by atoms with Crippen LogP contribution in [0.25, 0.3) is 11.5 Å². The molecule has 0 bridgehead atoms. The first kappa shape index (κ1) is 13.8. The molecule has 0 spiro atoms. The van der Waals surface area contributed by atoms with Gasteiger partial charge < -0.3 is 15.1 Å². The fraction of sp³-hybridized carbons (Fsp3) is 0.0625. The number of para-hydroxylation sites is 1. The number of carbonyl (C=O) groups is 1. The highest BCUT2D eigenvalue weighted by Crippen LogP contribution is 2.21. The molecule has 3 rings (SSSR count). The summed E-state index contributed by atoms with van der Waals surface area (Å²) in [7, 11) is 0. The molecule has 22 heavy (non-hydrogen) atoms. The van der Waals surface area contributed by atoms with Crippen molar-refractivity contribution in [1.82, 2.24) is 10.2 Å². The van der Waals surface area contributed by atoms with Gasteiger partial charge >= 0.3 is 6.03 Å². The Morgan fingerprint density at radius 1 is 0.955 bits per heavy atom. The van der Waals surface area contributed by atoms with Crippen LogP contribution in [0.3, 0.4) is 0 Å². The normalized spacial score (nSPS) is 10.2. The molecule has 0 fully saturated rings. The van der Waals surface area contributed by atoms with Crippen molar-refractivity contribution in [3.05, 3.63) is 60.5 Å². The zero-order chi connectivity index (χ0) is 15.4. The smallest absolute Gasteiger partial charge is 0.323 e. The van der Waals surface area contributed by atoms with Crippen molar-refractivity contribution in [2.24, 2.45) is 0 Å². The SMILES string of the molecule is Cc1nnc(-c2cccc(NC(=O)Nc3ccccc3)c2)o1. The van der Waals surface area contributed by atoms with Gasteiger partial charge in [0.05, 0.1) is 0 Å². The number of rotatable bonds is 3. The number of nitrogens with one attached hydrogen (secondary N) is 2. The maximum absolute atomic E-state index is 12.0. The van der Waals surface area contributed by atoms with Crippen LogP contribution in [0.5, 0.6) is 0 Å². The van der Waals surface area contributed by atoms with Crippen LogP contribution >= 0.6 is 0 Å². The van der Waals surface area contributed by atoms with Gasteiger partial charge in [-0.05, 0) is 30.3 Å². The van der Waals surface area contributed by atoms with Gasteiger partial charge in [0.2, 0.25) is 11.8 Å². The minimum absolute atomic E-state index is 0.315. The van der Waals surface area contributed by atoms with E-state index in [4.69, 9.17) is 4.42 Å². The molecule has 2 N–H and O–H groups in total. The lowest BCUT2D eigenvalue weighted by molar-refractivity contribution is 0.262. The highest BCUT2D eigenvalue weighted by Gasteiger charge is 2.08. The minimum Gasteiger partial charge on any atom is -0.421 e. The van der Waals surface area contributed by atoms with Gasteiger partial charge in [0, 0.05) is 23.9 Å². The van der Waals surface area contributed by atoms with E-state index in [1.807, 2.05) is 42.5 Å². The van der Waals surface area contributed by atoms with Crippen LogP contribution < -0.4 is 10.6 Å². The van der Waals surface area contributed by atoms with E-state index in [1.54, 1.807) is 19.1 Å². The molecular formula is C16H14N4O2. The standard InChI is InChI=1S/C16H14N4O2/c1-11-19-20-15(22-11)12-6-5-9-14(10-12)18-16(21)17-13-7-3-2-4-8-13/h2-10H,1H3,(H2,17,18,21). The molecule has 0 unspecified atom stereocenters.